The molecule has 0 unspecified atom stereocenters. The molecule has 0 atom stereocenters. The van der Waals surface area contributed by atoms with Crippen LogP contribution in [0.15, 0.2) is 40.0 Å². The molecule has 0 amide bonds. The number of halogens is 1. The van der Waals surface area contributed by atoms with Gasteiger partial charge < -0.3 is 14.5 Å². The largest absolute Gasteiger partial charge is 0.495 e. The highest BCUT2D eigenvalue weighted by molar-refractivity contribution is 7.92. The lowest BCUT2D eigenvalue weighted by Crippen LogP contribution is -2.16. The van der Waals surface area contributed by atoms with E-state index in [9.17, 15) is 17.6 Å². The standard InChI is InChI=1S/C19H19FN2O5S/c1-10-8-16(23)21-18-14(26-3)9-15(19(27-4)17(10)18)28(24,25)22-13-7-5-6-12(20)11(13)2/h5-9,22H,1-4H3,(H,21,23). The van der Waals surface area contributed by atoms with Crippen molar-refractivity contribution >= 4 is 26.6 Å². The highest BCUT2D eigenvalue weighted by Crippen LogP contribution is 2.39. The molecule has 1 heterocycles. The van der Waals surface area contributed by atoms with Crippen LogP contribution < -0.4 is 19.8 Å². The van der Waals surface area contributed by atoms with Crippen molar-refractivity contribution in [3.05, 3.63) is 57.6 Å². The van der Waals surface area contributed by atoms with Crippen LogP contribution in [0.4, 0.5) is 10.1 Å². The number of fused-ring (bicyclic) bond motifs is 1. The quantitative estimate of drug-likeness (QED) is 0.679. The molecule has 0 bridgehead atoms. The number of hydrogen-bond acceptors (Lipinski definition) is 5. The molecule has 9 heteroatoms. The molecule has 1 aromatic heterocycles. The maximum absolute atomic E-state index is 13.8. The summed E-state index contributed by atoms with van der Waals surface area (Å²) >= 11 is 0. The van der Waals surface area contributed by atoms with E-state index in [-0.39, 0.29) is 33.2 Å². The summed E-state index contributed by atoms with van der Waals surface area (Å²) in [7, 11) is -1.46. The van der Waals surface area contributed by atoms with E-state index in [0.29, 0.717) is 16.5 Å². The number of aromatic nitrogens is 1. The van der Waals surface area contributed by atoms with E-state index in [1.165, 1.54) is 51.5 Å². The lowest BCUT2D eigenvalue weighted by atomic mass is 10.1. The van der Waals surface area contributed by atoms with Gasteiger partial charge in [0.2, 0.25) is 5.56 Å². The summed E-state index contributed by atoms with van der Waals surface area (Å²) in [6.07, 6.45) is 0. The van der Waals surface area contributed by atoms with Gasteiger partial charge >= 0.3 is 0 Å². The average molecular weight is 406 g/mol. The Morgan fingerprint density at radius 2 is 1.82 bits per heavy atom. The number of aryl methyl sites for hydroxylation is 1. The minimum atomic E-state index is -4.16. The predicted octanol–water partition coefficient (Wildman–Crippen LogP) is 3.10. The van der Waals surface area contributed by atoms with Gasteiger partial charge in [-0.1, -0.05) is 6.07 Å². The lowest BCUT2D eigenvalue weighted by molar-refractivity contribution is 0.399. The Morgan fingerprint density at radius 1 is 1.11 bits per heavy atom. The van der Waals surface area contributed by atoms with Crippen LogP contribution in [0, 0.1) is 19.7 Å². The number of aromatic amines is 1. The van der Waals surface area contributed by atoms with E-state index >= 15 is 0 Å². The number of hydrogen-bond donors (Lipinski definition) is 2. The zero-order valence-corrected chi connectivity index (χ0v) is 16.5. The molecule has 2 aromatic carbocycles. The van der Waals surface area contributed by atoms with Crippen LogP contribution in [0.3, 0.4) is 0 Å². The summed E-state index contributed by atoms with van der Waals surface area (Å²) in [5, 5.41) is 0.401. The van der Waals surface area contributed by atoms with Crippen LogP contribution >= 0.6 is 0 Å². The molecule has 7 nitrogen and oxygen atoms in total. The summed E-state index contributed by atoms with van der Waals surface area (Å²) in [5.41, 5.74) is 0.769. The number of pyridine rings is 1. The van der Waals surface area contributed by atoms with Crippen LogP contribution in [-0.4, -0.2) is 27.6 Å². The van der Waals surface area contributed by atoms with Gasteiger partial charge in [-0.15, -0.1) is 0 Å². The molecule has 0 saturated heterocycles. The van der Waals surface area contributed by atoms with E-state index in [0.717, 1.165) is 0 Å². The molecule has 0 radical (unpaired) electrons. The van der Waals surface area contributed by atoms with E-state index in [1.54, 1.807) is 6.92 Å². The van der Waals surface area contributed by atoms with E-state index < -0.39 is 15.8 Å². The smallest absolute Gasteiger partial charge is 0.265 e. The number of ether oxygens (including phenoxy) is 2. The Hall–Kier alpha value is -3.07. The summed E-state index contributed by atoms with van der Waals surface area (Å²) in [6, 6.07) is 6.71. The molecular formula is C19H19FN2O5S. The average Bonchev–Trinajstić information content (AvgIpc) is 2.63. The highest BCUT2D eigenvalue weighted by atomic mass is 32.2. The SMILES string of the molecule is COc1cc(S(=O)(=O)Nc2cccc(F)c2C)c(OC)c2c(C)cc(=O)[nH]c12. The molecule has 0 aliphatic carbocycles. The number of nitrogens with one attached hydrogen (secondary N) is 2. The maximum Gasteiger partial charge on any atom is 0.265 e. The first-order valence-electron chi connectivity index (χ1n) is 8.26. The summed E-state index contributed by atoms with van der Waals surface area (Å²) in [4.78, 5) is 14.3. The lowest BCUT2D eigenvalue weighted by Gasteiger charge is -2.17. The topological polar surface area (TPSA) is 97.5 Å². The van der Waals surface area contributed by atoms with Gasteiger partial charge in [-0.3, -0.25) is 9.52 Å². The van der Waals surface area contributed by atoms with Gasteiger partial charge in [0.25, 0.3) is 10.0 Å². The molecule has 0 spiro atoms. The van der Waals surface area contributed by atoms with Gasteiger partial charge in [-0.2, -0.15) is 0 Å². The molecule has 3 aromatic rings. The Kier molecular flexibility index (Phi) is 5.03. The Labute approximate surface area is 161 Å². The summed E-state index contributed by atoms with van der Waals surface area (Å²) in [6.45, 7) is 3.14. The molecule has 148 valence electrons. The molecule has 0 fully saturated rings. The minimum absolute atomic E-state index is 0.0473. The van der Waals surface area contributed by atoms with E-state index in [2.05, 4.69) is 9.71 Å². The zero-order valence-electron chi connectivity index (χ0n) is 15.7. The third kappa shape index (κ3) is 3.29. The van der Waals surface area contributed by atoms with Crippen molar-refractivity contribution in [3.63, 3.8) is 0 Å². The normalized spacial score (nSPS) is 11.5. The fraction of sp³-hybridized carbons (Fsp3) is 0.211. The minimum Gasteiger partial charge on any atom is -0.495 e. The van der Waals surface area contributed by atoms with Crippen molar-refractivity contribution in [2.24, 2.45) is 0 Å². The monoisotopic (exact) mass is 406 g/mol. The molecule has 3 rings (SSSR count). The molecule has 0 aliphatic heterocycles. The van der Waals surface area contributed by atoms with Gasteiger partial charge in [-0.05, 0) is 31.5 Å². The van der Waals surface area contributed by atoms with Gasteiger partial charge in [0.1, 0.15) is 22.2 Å². The summed E-state index contributed by atoms with van der Waals surface area (Å²) in [5.74, 6) is -0.323. The van der Waals surface area contributed by atoms with E-state index in [1.807, 2.05) is 0 Å². The van der Waals surface area contributed by atoms with Crippen molar-refractivity contribution in [2.75, 3.05) is 18.9 Å². The van der Waals surface area contributed by atoms with Crippen LogP contribution in [0.25, 0.3) is 10.9 Å². The molecule has 0 aliphatic rings. The second-order valence-corrected chi connectivity index (χ2v) is 7.85. The number of rotatable bonds is 5. The second kappa shape index (κ2) is 7.16. The van der Waals surface area contributed by atoms with Crippen molar-refractivity contribution in [1.29, 1.82) is 0 Å². The molecule has 2 N–H and O–H groups in total. The number of H-pyrrole nitrogens is 1. The van der Waals surface area contributed by atoms with Crippen molar-refractivity contribution < 1.29 is 22.3 Å². The molecule has 28 heavy (non-hydrogen) atoms. The molecule has 0 saturated carbocycles. The zero-order chi connectivity index (χ0) is 20.6. The molecular weight excluding hydrogens is 387 g/mol. The number of sulfonamides is 1. The number of methoxy groups -OCH3 is 2. The van der Waals surface area contributed by atoms with Crippen molar-refractivity contribution in [3.8, 4) is 11.5 Å². The fourth-order valence-electron chi connectivity index (χ4n) is 3.03. The third-order valence-electron chi connectivity index (χ3n) is 4.43. The number of benzene rings is 2. The second-order valence-electron chi connectivity index (χ2n) is 6.19. The predicted molar refractivity (Wildman–Crippen MR) is 104 cm³/mol. The van der Waals surface area contributed by atoms with Crippen LogP contribution in [0.5, 0.6) is 11.5 Å². The van der Waals surface area contributed by atoms with Crippen molar-refractivity contribution in [2.45, 2.75) is 18.7 Å². The van der Waals surface area contributed by atoms with Gasteiger partial charge in [0.15, 0.2) is 0 Å². The highest BCUT2D eigenvalue weighted by Gasteiger charge is 2.26. The Balaban J connectivity index is 2.30. The first-order chi connectivity index (χ1) is 13.2. The number of anilines is 1. The first-order valence-corrected chi connectivity index (χ1v) is 9.74. The van der Waals surface area contributed by atoms with Gasteiger partial charge in [-0.25, -0.2) is 12.8 Å². The van der Waals surface area contributed by atoms with Gasteiger partial charge in [0.05, 0.1) is 25.4 Å². The first kappa shape index (κ1) is 19.7. The van der Waals surface area contributed by atoms with Gasteiger partial charge in [0, 0.05) is 23.1 Å². The third-order valence-corrected chi connectivity index (χ3v) is 5.80. The van der Waals surface area contributed by atoms with Crippen molar-refractivity contribution in [1.82, 2.24) is 4.98 Å². The maximum atomic E-state index is 13.8. The van der Waals surface area contributed by atoms with E-state index in [4.69, 9.17) is 9.47 Å². The van der Waals surface area contributed by atoms with Crippen LogP contribution in [0.2, 0.25) is 0 Å². The fourth-order valence-corrected chi connectivity index (χ4v) is 4.34. The van der Waals surface area contributed by atoms with Crippen LogP contribution in [0.1, 0.15) is 11.1 Å². The van der Waals surface area contributed by atoms with Crippen LogP contribution in [-0.2, 0) is 10.0 Å². The Morgan fingerprint density at radius 3 is 2.46 bits per heavy atom. The summed E-state index contributed by atoms with van der Waals surface area (Å²) < 4.78 is 53.1. The Bertz CT molecular complexity index is 1240.